The van der Waals surface area contributed by atoms with Gasteiger partial charge in [-0.3, -0.25) is 0 Å². The van der Waals surface area contributed by atoms with Gasteiger partial charge in [0.05, 0.1) is 11.6 Å². The molecule has 0 amide bonds. The van der Waals surface area contributed by atoms with E-state index < -0.39 is 0 Å². The summed E-state index contributed by atoms with van der Waals surface area (Å²) in [4.78, 5) is 0. The van der Waals surface area contributed by atoms with Gasteiger partial charge in [-0.15, -0.1) is 0 Å². The van der Waals surface area contributed by atoms with Gasteiger partial charge in [-0.1, -0.05) is 35.9 Å². The van der Waals surface area contributed by atoms with E-state index in [1.807, 2.05) is 31.2 Å². The summed E-state index contributed by atoms with van der Waals surface area (Å²) < 4.78 is 5.84. The lowest BCUT2D eigenvalue weighted by Gasteiger charge is -2.18. The molecule has 2 aromatic carbocycles. The van der Waals surface area contributed by atoms with Crippen molar-refractivity contribution in [2.45, 2.75) is 26.9 Å². The number of para-hydroxylation sites is 1. The summed E-state index contributed by atoms with van der Waals surface area (Å²) in [6.45, 7) is 7.00. The summed E-state index contributed by atoms with van der Waals surface area (Å²) >= 11 is 6.09. The Kier molecular flexibility index (Phi) is 4.91. The summed E-state index contributed by atoms with van der Waals surface area (Å²) in [7, 11) is 0. The topological polar surface area (TPSA) is 21.3 Å². The Morgan fingerprint density at radius 3 is 2.60 bits per heavy atom. The van der Waals surface area contributed by atoms with Crippen LogP contribution in [0.1, 0.15) is 18.1 Å². The molecule has 2 aromatic rings. The first-order chi connectivity index (χ1) is 9.58. The normalized spacial score (nSPS) is 12.0. The van der Waals surface area contributed by atoms with Crippen molar-refractivity contribution in [1.29, 1.82) is 0 Å². The molecular formula is C17H20ClNO. The Morgan fingerprint density at radius 1 is 1.10 bits per heavy atom. The number of rotatable bonds is 5. The minimum Gasteiger partial charge on any atom is -0.487 e. The molecule has 20 heavy (non-hydrogen) atoms. The van der Waals surface area contributed by atoms with Gasteiger partial charge < -0.3 is 10.1 Å². The summed E-state index contributed by atoms with van der Waals surface area (Å²) in [6, 6.07) is 13.8. The van der Waals surface area contributed by atoms with Gasteiger partial charge in [0.15, 0.2) is 0 Å². The number of halogens is 1. The Morgan fingerprint density at radius 2 is 1.85 bits per heavy atom. The first-order valence-corrected chi connectivity index (χ1v) is 7.17. The van der Waals surface area contributed by atoms with E-state index in [1.165, 1.54) is 11.1 Å². The number of hydrogen-bond acceptors (Lipinski definition) is 2. The first-order valence-electron chi connectivity index (χ1n) is 6.79. The third-order valence-corrected chi connectivity index (χ3v) is 3.66. The second kappa shape index (κ2) is 6.67. The van der Waals surface area contributed by atoms with Crippen LogP contribution in [0.15, 0.2) is 42.5 Å². The monoisotopic (exact) mass is 289 g/mol. The second-order valence-corrected chi connectivity index (χ2v) is 5.39. The Labute approximate surface area is 125 Å². The zero-order valence-corrected chi connectivity index (χ0v) is 12.9. The molecule has 0 bridgehead atoms. The largest absolute Gasteiger partial charge is 0.487 e. The third-order valence-electron chi connectivity index (χ3n) is 3.35. The van der Waals surface area contributed by atoms with Gasteiger partial charge in [-0.2, -0.15) is 0 Å². The van der Waals surface area contributed by atoms with Crippen molar-refractivity contribution < 1.29 is 4.74 Å². The van der Waals surface area contributed by atoms with Crippen LogP contribution in [0, 0.1) is 13.8 Å². The van der Waals surface area contributed by atoms with Crippen LogP contribution in [-0.4, -0.2) is 12.6 Å². The summed E-state index contributed by atoms with van der Waals surface area (Å²) in [5.74, 6) is 0.726. The number of aryl methyl sites for hydroxylation is 1. The van der Waals surface area contributed by atoms with Crippen LogP contribution in [-0.2, 0) is 0 Å². The molecule has 2 rings (SSSR count). The quantitative estimate of drug-likeness (QED) is 0.851. The van der Waals surface area contributed by atoms with E-state index in [2.05, 4.69) is 37.4 Å². The fourth-order valence-corrected chi connectivity index (χ4v) is 2.18. The van der Waals surface area contributed by atoms with Gasteiger partial charge in [-0.25, -0.2) is 0 Å². The molecule has 0 aliphatic carbocycles. The molecule has 0 aromatic heterocycles. The highest BCUT2D eigenvalue weighted by Crippen LogP contribution is 2.24. The van der Waals surface area contributed by atoms with E-state index in [-0.39, 0.29) is 6.10 Å². The molecular weight excluding hydrogens is 270 g/mol. The third kappa shape index (κ3) is 3.67. The van der Waals surface area contributed by atoms with Crippen molar-refractivity contribution in [3.63, 3.8) is 0 Å². The van der Waals surface area contributed by atoms with Crippen molar-refractivity contribution in [2.75, 3.05) is 11.9 Å². The molecule has 0 aliphatic rings. The van der Waals surface area contributed by atoms with Gasteiger partial charge in [0.25, 0.3) is 0 Å². The Hall–Kier alpha value is -1.67. The lowest BCUT2D eigenvalue weighted by atomic mass is 10.1. The Bertz CT molecular complexity index is 583. The molecule has 3 heteroatoms. The number of ether oxygens (including phenoxy) is 1. The number of hydrogen-bond donors (Lipinski definition) is 1. The maximum atomic E-state index is 6.09. The standard InChI is InChI=1S/C17H20ClNO/c1-12-7-6-9-16(14(12)3)19-11-13(2)20-17-10-5-4-8-15(17)18/h4-10,13,19H,11H2,1-3H3. The molecule has 0 saturated carbocycles. The van der Waals surface area contributed by atoms with E-state index >= 15 is 0 Å². The van der Waals surface area contributed by atoms with Crippen molar-refractivity contribution >= 4 is 17.3 Å². The Balaban J connectivity index is 1.94. The van der Waals surface area contributed by atoms with Crippen molar-refractivity contribution in [3.05, 3.63) is 58.6 Å². The van der Waals surface area contributed by atoms with Crippen LogP contribution in [0.4, 0.5) is 5.69 Å². The number of benzene rings is 2. The zero-order chi connectivity index (χ0) is 14.5. The average Bonchev–Trinajstić information content (AvgIpc) is 2.43. The van der Waals surface area contributed by atoms with Crippen LogP contribution in [0.2, 0.25) is 5.02 Å². The van der Waals surface area contributed by atoms with E-state index in [1.54, 1.807) is 0 Å². The van der Waals surface area contributed by atoms with Crippen molar-refractivity contribution in [2.24, 2.45) is 0 Å². The summed E-state index contributed by atoms with van der Waals surface area (Å²) in [5.41, 5.74) is 3.71. The van der Waals surface area contributed by atoms with Gasteiger partial charge in [0.1, 0.15) is 11.9 Å². The SMILES string of the molecule is Cc1cccc(NCC(C)Oc2ccccc2Cl)c1C. The molecule has 1 unspecified atom stereocenters. The van der Waals surface area contributed by atoms with Gasteiger partial charge in [0.2, 0.25) is 0 Å². The van der Waals surface area contributed by atoms with E-state index in [9.17, 15) is 0 Å². The second-order valence-electron chi connectivity index (χ2n) is 4.99. The van der Waals surface area contributed by atoms with E-state index in [4.69, 9.17) is 16.3 Å². The summed E-state index contributed by atoms with van der Waals surface area (Å²) in [6.07, 6.45) is 0.0369. The molecule has 0 heterocycles. The highest BCUT2D eigenvalue weighted by molar-refractivity contribution is 6.32. The number of anilines is 1. The van der Waals surface area contributed by atoms with Crippen molar-refractivity contribution in [1.82, 2.24) is 0 Å². The molecule has 0 fully saturated rings. The van der Waals surface area contributed by atoms with Crippen LogP contribution < -0.4 is 10.1 Å². The first kappa shape index (κ1) is 14.7. The summed E-state index contributed by atoms with van der Waals surface area (Å²) in [5, 5.41) is 4.07. The lowest BCUT2D eigenvalue weighted by Crippen LogP contribution is -2.23. The van der Waals surface area contributed by atoms with Crippen LogP contribution >= 0.6 is 11.6 Å². The minimum absolute atomic E-state index is 0.0369. The van der Waals surface area contributed by atoms with Crippen LogP contribution in [0.5, 0.6) is 5.75 Å². The molecule has 0 radical (unpaired) electrons. The van der Waals surface area contributed by atoms with Gasteiger partial charge in [-0.05, 0) is 50.1 Å². The predicted octanol–water partition coefficient (Wildman–Crippen LogP) is 4.84. The lowest BCUT2D eigenvalue weighted by molar-refractivity contribution is 0.235. The van der Waals surface area contributed by atoms with Crippen LogP contribution in [0.25, 0.3) is 0 Å². The smallest absolute Gasteiger partial charge is 0.138 e. The van der Waals surface area contributed by atoms with Gasteiger partial charge >= 0.3 is 0 Å². The average molecular weight is 290 g/mol. The minimum atomic E-state index is 0.0369. The maximum Gasteiger partial charge on any atom is 0.138 e. The number of nitrogens with one attached hydrogen (secondary N) is 1. The molecule has 0 saturated heterocycles. The highest BCUT2D eigenvalue weighted by atomic mass is 35.5. The fraction of sp³-hybridized carbons (Fsp3) is 0.294. The van der Waals surface area contributed by atoms with E-state index in [0.29, 0.717) is 5.02 Å². The van der Waals surface area contributed by atoms with Gasteiger partial charge in [0, 0.05) is 5.69 Å². The molecule has 1 atom stereocenters. The molecule has 1 N–H and O–H groups in total. The van der Waals surface area contributed by atoms with Crippen LogP contribution in [0.3, 0.4) is 0 Å². The maximum absolute atomic E-state index is 6.09. The fourth-order valence-electron chi connectivity index (χ4n) is 2.00. The zero-order valence-electron chi connectivity index (χ0n) is 12.1. The van der Waals surface area contributed by atoms with Crippen molar-refractivity contribution in [3.8, 4) is 5.75 Å². The molecule has 0 spiro atoms. The highest BCUT2D eigenvalue weighted by Gasteiger charge is 2.08. The molecule has 106 valence electrons. The molecule has 2 nitrogen and oxygen atoms in total. The van der Waals surface area contributed by atoms with E-state index in [0.717, 1.165) is 18.0 Å². The predicted molar refractivity (Wildman–Crippen MR) is 85.9 cm³/mol. The molecule has 0 aliphatic heterocycles.